The molecule has 0 aliphatic heterocycles. The van der Waals surface area contributed by atoms with Gasteiger partial charge in [0.2, 0.25) is 0 Å². The lowest BCUT2D eigenvalue weighted by Crippen LogP contribution is -2.12. The highest BCUT2D eigenvalue weighted by Gasteiger charge is 2.18. The molecule has 0 saturated carbocycles. The zero-order chi connectivity index (χ0) is 9.68. The van der Waals surface area contributed by atoms with Crippen molar-refractivity contribution in [3.05, 3.63) is 23.8 Å². The number of alkyl halides is 1. The van der Waals surface area contributed by atoms with E-state index in [1.165, 1.54) is 19.3 Å². The van der Waals surface area contributed by atoms with E-state index in [9.17, 15) is 0 Å². The summed E-state index contributed by atoms with van der Waals surface area (Å²) in [5, 5.41) is 1.11. The lowest BCUT2D eigenvalue weighted by Gasteiger charge is -2.24. The van der Waals surface area contributed by atoms with Gasteiger partial charge in [-0.2, -0.15) is 0 Å². The van der Waals surface area contributed by atoms with Gasteiger partial charge in [-0.05, 0) is 18.2 Å². The van der Waals surface area contributed by atoms with E-state index in [2.05, 4.69) is 48.9 Å². The van der Waals surface area contributed by atoms with Crippen LogP contribution in [0, 0.1) is 5.92 Å². The van der Waals surface area contributed by atoms with E-state index in [0.29, 0.717) is 0 Å². The highest BCUT2D eigenvalue weighted by molar-refractivity contribution is 9.09. The number of allylic oxidation sites excluding steroid dienone is 4. The third-order valence-corrected chi connectivity index (χ3v) is 3.58. The van der Waals surface area contributed by atoms with Gasteiger partial charge in [0.25, 0.3) is 0 Å². The van der Waals surface area contributed by atoms with Crippen LogP contribution in [0.4, 0.5) is 0 Å². The SMILES string of the molecule is BC(CCC)C1=CC=CCC1CBr. The first-order chi connectivity index (χ1) is 6.29. The van der Waals surface area contributed by atoms with Crippen molar-refractivity contribution >= 4 is 23.8 Å². The Morgan fingerprint density at radius 2 is 2.46 bits per heavy atom. The summed E-state index contributed by atoms with van der Waals surface area (Å²) in [5.74, 6) is 1.50. The third kappa shape index (κ3) is 3.01. The first kappa shape index (κ1) is 11.1. The number of halogens is 1. The molecule has 1 aliphatic rings. The molecule has 0 radical (unpaired) electrons. The zero-order valence-electron chi connectivity index (χ0n) is 8.59. The molecular formula is C11H18BBr. The molecular weight excluding hydrogens is 223 g/mol. The van der Waals surface area contributed by atoms with Gasteiger partial charge in [-0.1, -0.05) is 59.5 Å². The first-order valence-electron chi connectivity index (χ1n) is 5.22. The second-order valence-electron chi connectivity index (χ2n) is 3.87. The number of hydrogen-bond donors (Lipinski definition) is 0. The largest absolute Gasteiger partial charge is 0.110 e. The highest BCUT2D eigenvalue weighted by Crippen LogP contribution is 2.32. The molecule has 2 unspecified atom stereocenters. The van der Waals surface area contributed by atoms with Crippen molar-refractivity contribution in [3.8, 4) is 0 Å². The predicted octanol–water partition coefficient (Wildman–Crippen LogP) is 3.11. The van der Waals surface area contributed by atoms with Crippen LogP contribution >= 0.6 is 15.9 Å². The molecule has 13 heavy (non-hydrogen) atoms. The molecule has 2 heteroatoms. The van der Waals surface area contributed by atoms with Gasteiger partial charge in [0.15, 0.2) is 0 Å². The minimum absolute atomic E-state index is 0.742. The molecule has 1 aliphatic carbocycles. The van der Waals surface area contributed by atoms with E-state index in [0.717, 1.165) is 17.1 Å². The molecule has 0 amide bonds. The van der Waals surface area contributed by atoms with E-state index in [-0.39, 0.29) is 0 Å². The van der Waals surface area contributed by atoms with Crippen molar-refractivity contribution in [2.75, 3.05) is 5.33 Å². The minimum Gasteiger partial charge on any atom is -0.0921 e. The maximum absolute atomic E-state index is 3.60. The van der Waals surface area contributed by atoms with Crippen LogP contribution in [0.15, 0.2) is 23.8 Å². The fourth-order valence-corrected chi connectivity index (χ4v) is 2.65. The van der Waals surface area contributed by atoms with Gasteiger partial charge < -0.3 is 0 Å². The van der Waals surface area contributed by atoms with Gasteiger partial charge in [0.05, 0.1) is 0 Å². The molecule has 0 aromatic heterocycles. The minimum atomic E-state index is 0.742. The average molecular weight is 241 g/mol. The Morgan fingerprint density at radius 1 is 1.69 bits per heavy atom. The van der Waals surface area contributed by atoms with Gasteiger partial charge in [0, 0.05) is 5.33 Å². The summed E-state index contributed by atoms with van der Waals surface area (Å²) in [7, 11) is 2.35. The van der Waals surface area contributed by atoms with Crippen LogP contribution in [0.1, 0.15) is 26.2 Å². The van der Waals surface area contributed by atoms with E-state index in [1.54, 1.807) is 5.57 Å². The van der Waals surface area contributed by atoms with Crippen LogP contribution in [0.25, 0.3) is 0 Å². The third-order valence-electron chi connectivity index (χ3n) is 2.79. The summed E-state index contributed by atoms with van der Waals surface area (Å²) in [6.07, 6.45) is 10.6. The predicted molar refractivity (Wildman–Crippen MR) is 66.3 cm³/mol. The lowest BCUT2D eigenvalue weighted by molar-refractivity contribution is 0.636. The number of hydrogen-bond acceptors (Lipinski definition) is 0. The van der Waals surface area contributed by atoms with Gasteiger partial charge in [-0.25, -0.2) is 0 Å². The Kier molecular flexibility index (Phi) is 4.86. The molecule has 2 atom stereocenters. The Morgan fingerprint density at radius 3 is 3.08 bits per heavy atom. The quantitative estimate of drug-likeness (QED) is 0.524. The van der Waals surface area contributed by atoms with Gasteiger partial charge >= 0.3 is 0 Å². The second kappa shape index (κ2) is 5.69. The summed E-state index contributed by atoms with van der Waals surface area (Å²) in [6.45, 7) is 2.26. The van der Waals surface area contributed by atoms with Crippen molar-refractivity contribution < 1.29 is 0 Å². The summed E-state index contributed by atoms with van der Waals surface area (Å²) < 4.78 is 0. The standard InChI is InChI=1S/C11H18BBr/c1-2-5-11(12)10-7-4-3-6-9(10)8-13/h3-4,7,9,11H,2,5-6,8,12H2,1H3. The summed E-state index contributed by atoms with van der Waals surface area (Å²) >= 11 is 3.60. The van der Waals surface area contributed by atoms with Crippen LogP contribution in [0.2, 0.25) is 5.82 Å². The monoisotopic (exact) mass is 240 g/mol. The van der Waals surface area contributed by atoms with Crippen LogP contribution in [0.3, 0.4) is 0 Å². The second-order valence-corrected chi connectivity index (χ2v) is 4.52. The molecule has 72 valence electrons. The maximum atomic E-state index is 3.60. The number of rotatable bonds is 4. The summed E-state index contributed by atoms with van der Waals surface area (Å²) in [6, 6.07) is 0. The zero-order valence-corrected chi connectivity index (χ0v) is 10.2. The highest BCUT2D eigenvalue weighted by atomic mass is 79.9. The fourth-order valence-electron chi connectivity index (χ4n) is 2.01. The van der Waals surface area contributed by atoms with Crippen molar-refractivity contribution in [2.24, 2.45) is 5.92 Å². The molecule has 0 aromatic carbocycles. The maximum Gasteiger partial charge on any atom is 0.110 e. The molecule has 0 aromatic rings. The molecule has 0 fully saturated rings. The Hall–Kier alpha value is 0.0249. The molecule has 0 N–H and O–H groups in total. The van der Waals surface area contributed by atoms with Crippen LogP contribution in [-0.2, 0) is 0 Å². The Balaban J connectivity index is 2.62. The molecule has 0 heterocycles. The fraction of sp³-hybridized carbons (Fsp3) is 0.636. The van der Waals surface area contributed by atoms with Crippen molar-refractivity contribution in [3.63, 3.8) is 0 Å². The topological polar surface area (TPSA) is 0 Å². The van der Waals surface area contributed by atoms with Gasteiger partial charge in [-0.15, -0.1) is 0 Å². The Labute approximate surface area is 91.0 Å². The van der Waals surface area contributed by atoms with E-state index >= 15 is 0 Å². The van der Waals surface area contributed by atoms with Crippen LogP contribution in [-0.4, -0.2) is 13.2 Å². The molecule has 0 saturated heterocycles. The smallest absolute Gasteiger partial charge is 0.0921 e. The van der Waals surface area contributed by atoms with E-state index < -0.39 is 0 Å². The van der Waals surface area contributed by atoms with Gasteiger partial charge in [0.1, 0.15) is 7.85 Å². The van der Waals surface area contributed by atoms with Gasteiger partial charge in [-0.3, -0.25) is 0 Å². The normalized spacial score (nSPS) is 24.2. The average Bonchev–Trinajstić information content (AvgIpc) is 2.18. The van der Waals surface area contributed by atoms with Crippen molar-refractivity contribution in [2.45, 2.75) is 32.0 Å². The molecule has 0 nitrogen and oxygen atoms in total. The summed E-state index contributed by atoms with van der Waals surface area (Å²) in [5.41, 5.74) is 1.64. The van der Waals surface area contributed by atoms with Crippen LogP contribution < -0.4 is 0 Å². The lowest BCUT2D eigenvalue weighted by atomic mass is 9.71. The van der Waals surface area contributed by atoms with Crippen molar-refractivity contribution in [1.29, 1.82) is 0 Å². The van der Waals surface area contributed by atoms with E-state index in [1.807, 2.05) is 0 Å². The van der Waals surface area contributed by atoms with Crippen LogP contribution in [0.5, 0.6) is 0 Å². The summed E-state index contributed by atoms with van der Waals surface area (Å²) in [4.78, 5) is 0. The van der Waals surface area contributed by atoms with Crippen molar-refractivity contribution in [1.82, 2.24) is 0 Å². The first-order valence-corrected chi connectivity index (χ1v) is 6.34. The molecule has 0 bridgehead atoms. The molecule has 0 spiro atoms. The molecule has 1 rings (SSSR count). The Bertz CT molecular complexity index is 208. The van der Waals surface area contributed by atoms with E-state index in [4.69, 9.17) is 0 Å².